The van der Waals surface area contributed by atoms with Gasteiger partial charge in [0.05, 0.1) is 0 Å². The molecule has 0 saturated heterocycles. The quantitative estimate of drug-likeness (QED) is 0.799. The molecule has 0 bridgehead atoms. The smallest absolute Gasteiger partial charge is 0.410 e. The summed E-state index contributed by atoms with van der Waals surface area (Å²) in [7, 11) is 0. The molecule has 0 atom stereocenters. The van der Waals surface area contributed by atoms with Gasteiger partial charge in [0.25, 0.3) is 0 Å². The highest BCUT2D eigenvalue weighted by atomic mass is 35.5. The van der Waals surface area contributed by atoms with Crippen molar-refractivity contribution >= 4 is 17.7 Å². The molecule has 0 fully saturated rings. The molecule has 0 aliphatic carbocycles. The van der Waals surface area contributed by atoms with Gasteiger partial charge in [0.1, 0.15) is 5.75 Å². The molecule has 14 heavy (non-hydrogen) atoms. The fourth-order valence-corrected chi connectivity index (χ4v) is 0.946. The van der Waals surface area contributed by atoms with Crippen molar-refractivity contribution in [3.8, 4) is 5.75 Å². The van der Waals surface area contributed by atoms with Crippen LogP contribution in [0.4, 0.5) is 4.79 Å². The van der Waals surface area contributed by atoms with Gasteiger partial charge in [-0.2, -0.15) is 0 Å². The first-order valence-corrected chi connectivity index (χ1v) is 4.51. The molecule has 0 aliphatic heterocycles. The number of amides is 1. The molecular formula is C9H11ClN2O2. The van der Waals surface area contributed by atoms with Crippen molar-refractivity contribution in [3.05, 3.63) is 29.3 Å². The number of nitrogens with two attached hydrogens (primary N) is 1. The maximum atomic E-state index is 11.0. The second kappa shape index (κ2) is 5.47. The Kier molecular flexibility index (Phi) is 4.22. The van der Waals surface area contributed by atoms with E-state index in [2.05, 4.69) is 5.32 Å². The van der Waals surface area contributed by atoms with Crippen LogP contribution in [0.5, 0.6) is 5.75 Å². The Morgan fingerprint density at radius 1 is 1.43 bits per heavy atom. The Labute approximate surface area is 87.0 Å². The number of rotatable bonds is 3. The Morgan fingerprint density at radius 3 is 2.64 bits per heavy atom. The van der Waals surface area contributed by atoms with Gasteiger partial charge in [-0.25, -0.2) is 4.79 Å². The molecule has 0 spiro atoms. The van der Waals surface area contributed by atoms with Gasteiger partial charge < -0.3 is 15.8 Å². The minimum absolute atomic E-state index is 0.385. The predicted molar refractivity (Wildman–Crippen MR) is 54.5 cm³/mol. The maximum absolute atomic E-state index is 11.0. The SMILES string of the molecule is NCCNC(=O)Oc1ccc(Cl)cc1. The highest BCUT2D eigenvalue weighted by Gasteiger charge is 2.01. The van der Waals surface area contributed by atoms with Crippen molar-refractivity contribution in [2.24, 2.45) is 5.73 Å². The van der Waals surface area contributed by atoms with Crippen LogP contribution in [-0.4, -0.2) is 19.2 Å². The molecule has 0 saturated carbocycles. The van der Waals surface area contributed by atoms with Crippen molar-refractivity contribution in [3.63, 3.8) is 0 Å². The number of hydrogen-bond acceptors (Lipinski definition) is 3. The second-order valence-corrected chi connectivity index (χ2v) is 3.00. The van der Waals surface area contributed by atoms with E-state index in [1.807, 2.05) is 0 Å². The number of hydrogen-bond donors (Lipinski definition) is 2. The topological polar surface area (TPSA) is 64.3 Å². The fraction of sp³-hybridized carbons (Fsp3) is 0.222. The zero-order valence-electron chi connectivity index (χ0n) is 7.50. The first kappa shape index (κ1) is 10.8. The molecule has 76 valence electrons. The van der Waals surface area contributed by atoms with Gasteiger partial charge in [-0.1, -0.05) is 11.6 Å². The third kappa shape index (κ3) is 3.64. The number of nitrogens with one attached hydrogen (secondary N) is 1. The zero-order chi connectivity index (χ0) is 10.4. The average molecular weight is 215 g/mol. The van der Waals surface area contributed by atoms with Crippen LogP contribution in [0.2, 0.25) is 5.02 Å². The van der Waals surface area contributed by atoms with E-state index < -0.39 is 6.09 Å². The van der Waals surface area contributed by atoms with Crippen molar-refractivity contribution in [2.75, 3.05) is 13.1 Å². The maximum Gasteiger partial charge on any atom is 0.412 e. The highest BCUT2D eigenvalue weighted by Crippen LogP contribution is 2.15. The molecule has 0 radical (unpaired) electrons. The molecule has 0 aromatic heterocycles. The molecule has 3 N–H and O–H groups in total. The van der Waals surface area contributed by atoms with Crippen LogP contribution in [0.3, 0.4) is 0 Å². The molecule has 0 heterocycles. The summed E-state index contributed by atoms with van der Waals surface area (Å²) in [6.45, 7) is 0.780. The van der Waals surface area contributed by atoms with E-state index in [9.17, 15) is 4.79 Å². The van der Waals surface area contributed by atoms with Gasteiger partial charge in [0, 0.05) is 18.1 Å². The van der Waals surface area contributed by atoms with Crippen LogP contribution in [0.15, 0.2) is 24.3 Å². The third-order valence-electron chi connectivity index (χ3n) is 1.44. The summed E-state index contributed by atoms with van der Waals surface area (Å²) < 4.78 is 4.91. The Bertz CT molecular complexity index is 300. The standard InChI is InChI=1S/C9H11ClN2O2/c10-7-1-3-8(4-2-7)14-9(13)12-6-5-11/h1-4H,5-6,11H2,(H,12,13). The number of ether oxygens (including phenoxy) is 1. The number of carbonyl (C=O) groups is 1. The molecule has 0 aliphatic rings. The lowest BCUT2D eigenvalue weighted by Crippen LogP contribution is -2.31. The first-order chi connectivity index (χ1) is 6.72. The fourth-order valence-electron chi connectivity index (χ4n) is 0.820. The minimum Gasteiger partial charge on any atom is -0.410 e. The number of carbonyl (C=O) groups excluding carboxylic acids is 1. The van der Waals surface area contributed by atoms with Crippen molar-refractivity contribution in [2.45, 2.75) is 0 Å². The Balaban J connectivity index is 2.44. The van der Waals surface area contributed by atoms with Crippen LogP contribution in [-0.2, 0) is 0 Å². The molecule has 4 nitrogen and oxygen atoms in total. The summed E-state index contributed by atoms with van der Waals surface area (Å²) in [4.78, 5) is 11.0. The van der Waals surface area contributed by atoms with E-state index >= 15 is 0 Å². The molecule has 1 aromatic rings. The molecule has 0 unspecified atom stereocenters. The monoisotopic (exact) mass is 214 g/mol. The molecule has 1 aromatic carbocycles. The largest absolute Gasteiger partial charge is 0.412 e. The van der Waals surface area contributed by atoms with Gasteiger partial charge in [-0.15, -0.1) is 0 Å². The minimum atomic E-state index is -0.516. The van der Waals surface area contributed by atoms with Gasteiger partial charge in [0.2, 0.25) is 0 Å². The second-order valence-electron chi connectivity index (χ2n) is 2.56. The lowest BCUT2D eigenvalue weighted by molar-refractivity contribution is 0.201. The summed E-state index contributed by atoms with van der Waals surface area (Å²) in [5.74, 6) is 0.448. The molecule has 1 rings (SSSR count). The zero-order valence-corrected chi connectivity index (χ0v) is 8.25. The van der Waals surface area contributed by atoms with Gasteiger partial charge in [-0.3, -0.25) is 0 Å². The van der Waals surface area contributed by atoms with Crippen molar-refractivity contribution in [1.29, 1.82) is 0 Å². The van der Waals surface area contributed by atoms with E-state index in [1.165, 1.54) is 0 Å². The summed E-state index contributed by atoms with van der Waals surface area (Å²) in [5, 5.41) is 3.07. The average Bonchev–Trinajstić information content (AvgIpc) is 2.18. The van der Waals surface area contributed by atoms with Gasteiger partial charge in [-0.05, 0) is 24.3 Å². The Morgan fingerprint density at radius 2 is 2.07 bits per heavy atom. The summed E-state index contributed by atoms with van der Waals surface area (Å²) in [6, 6.07) is 6.52. The number of halogens is 1. The van der Waals surface area contributed by atoms with E-state index in [-0.39, 0.29) is 0 Å². The van der Waals surface area contributed by atoms with Crippen LogP contribution >= 0.6 is 11.6 Å². The van der Waals surface area contributed by atoms with Crippen LogP contribution < -0.4 is 15.8 Å². The van der Waals surface area contributed by atoms with E-state index in [0.29, 0.717) is 23.9 Å². The summed E-state index contributed by atoms with van der Waals surface area (Å²) in [6.07, 6.45) is -0.516. The summed E-state index contributed by atoms with van der Waals surface area (Å²) >= 11 is 5.66. The van der Waals surface area contributed by atoms with Gasteiger partial charge in [0.15, 0.2) is 0 Å². The number of benzene rings is 1. The molecule has 1 amide bonds. The summed E-state index contributed by atoms with van der Waals surface area (Å²) in [5.41, 5.74) is 5.20. The normalized spacial score (nSPS) is 9.57. The Hall–Kier alpha value is -1.26. The van der Waals surface area contributed by atoms with Crippen molar-refractivity contribution < 1.29 is 9.53 Å². The molecular weight excluding hydrogens is 204 g/mol. The van der Waals surface area contributed by atoms with E-state index in [4.69, 9.17) is 22.1 Å². The lowest BCUT2D eigenvalue weighted by Gasteiger charge is -2.04. The predicted octanol–water partition coefficient (Wildman–Crippen LogP) is 1.39. The third-order valence-corrected chi connectivity index (χ3v) is 1.69. The van der Waals surface area contributed by atoms with Crippen LogP contribution in [0.25, 0.3) is 0 Å². The van der Waals surface area contributed by atoms with Crippen molar-refractivity contribution in [1.82, 2.24) is 5.32 Å². The lowest BCUT2D eigenvalue weighted by atomic mass is 10.3. The highest BCUT2D eigenvalue weighted by molar-refractivity contribution is 6.30. The molecule has 5 heteroatoms. The first-order valence-electron chi connectivity index (χ1n) is 4.13. The van der Waals surface area contributed by atoms with Crippen LogP contribution in [0, 0.1) is 0 Å². The van der Waals surface area contributed by atoms with Crippen LogP contribution in [0.1, 0.15) is 0 Å². The van der Waals surface area contributed by atoms with E-state index in [1.54, 1.807) is 24.3 Å². The van der Waals surface area contributed by atoms with E-state index in [0.717, 1.165) is 0 Å². The van der Waals surface area contributed by atoms with Gasteiger partial charge >= 0.3 is 6.09 Å².